The van der Waals surface area contributed by atoms with E-state index in [2.05, 4.69) is 0 Å². The van der Waals surface area contributed by atoms with Crippen LogP contribution in [0, 0.1) is 11.8 Å². The minimum atomic E-state index is -0.800. The molecule has 20 heavy (non-hydrogen) atoms. The number of benzene rings is 1. The average Bonchev–Trinajstić information content (AvgIpc) is 2.87. The van der Waals surface area contributed by atoms with Crippen LogP contribution < -0.4 is 4.74 Å². The van der Waals surface area contributed by atoms with Crippen molar-refractivity contribution in [2.24, 2.45) is 11.8 Å². The Bertz CT molecular complexity index is 452. The first-order valence-corrected chi connectivity index (χ1v) is 7.16. The molecule has 1 aliphatic rings. The normalized spacial score (nSPS) is 23.8. The number of carboxylic acid groups (broad SMARTS) is 1. The Labute approximate surface area is 119 Å². The van der Waals surface area contributed by atoms with E-state index in [1.807, 2.05) is 38.1 Å². The molecule has 1 fully saturated rings. The third kappa shape index (κ3) is 3.31. The van der Waals surface area contributed by atoms with Gasteiger partial charge in [-0.15, -0.1) is 0 Å². The highest BCUT2D eigenvalue weighted by Crippen LogP contribution is 2.40. The largest absolute Gasteiger partial charge is 0.491 e. The number of aliphatic carboxylic acids is 1. The summed E-state index contributed by atoms with van der Waals surface area (Å²) in [4.78, 5) is 11.2. The zero-order valence-corrected chi connectivity index (χ0v) is 12.0. The predicted molar refractivity (Wildman–Crippen MR) is 75.6 cm³/mol. The van der Waals surface area contributed by atoms with Crippen molar-refractivity contribution in [1.82, 2.24) is 0 Å². The van der Waals surface area contributed by atoms with Crippen LogP contribution in [0.5, 0.6) is 5.75 Å². The molecule has 4 heteroatoms. The van der Waals surface area contributed by atoms with Crippen molar-refractivity contribution in [3.63, 3.8) is 0 Å². The lowest BCUT2D eigenvalue weighted by Gasteiger charge is -2.22. The molecule has 2 rings (SSSR count). The summed E-state index contributed by atoms with van der Waals surface area (Å²) in [6, 6.07) is 7.28. The Morgan fingerprint density at radius 1 is 1.25 bits per heavy atom. The SMILES string of the molecule is CC(C)Oc1ccc(C(O)C2CCCC2C(=O)O)cc1. The highest BCUT2D eigenvalue weighted by atomic mass is 16.5. The fourth-order valence-electron chi connectivity index (χ4n) is 2.94. The molecule has 110 valence electrons. The molecule has 3 unspecified atom stereocenters. The van der Waals surface area contributed by atoms with Crippen LogP contribution in [0.1, 0.15) is 44.8 Å². The molecule has 0 amide bonds. The van der Waals surface area contributed by atoms with Gasteiger partial charge in [0.2, 0.25) is 0 Å². The molecule has 2 N–H and O–H groups in total. The molecule has 1 aromatic carbocycles. The van der Waals surface area contributed by atoms with Crippen LogP contribution in [0.4, 0.5) is 0 Å². The van der Waals surface area contributed by atoms with Crippen molar-refractivity contribution in [1.29, 1.82) is 0 Å². The second kappa shape index (κ2) is 6.27. The van der Waals surface area contributed by atoms with Gasteiger partial charge in [0.05, 0.1) is 18.1 Å². The van der Waals surface area contributed by atoms with Gasteiger partial charge in [-0.2, -0.15) is 0 Å². The topological polar surface area (TPSA) is 66.8 Å². The van der Waals surface area contributed by atoms with E-state index in [4.69, 9.17) is 4.74 Å². The van der Waals surface area contributed by atoms with E-state index in [9.17, 15) is 15.0 Å². The Kier molecular flexibility index (Phi) is 4.65. The van der Waals surface area contributed by atoms with Crippen LogP contribution in [-0.2, 0) is 4.79 Å². The van der Waals surface area contributed by atoms with E-state index < -0.39 is 18.0 Å². The third-order valence-corrected chi connectivity index (χ3v) is 3.89. The van der Waals surface area contributed by atoms with E-state index in [0.29, 0.717) is 6.42 Å². The molecule has 1 saturated carbocycles. The maximum absolute atomic E-state index is 11.2. The molecular formula is C16H22O4. The van der Waals surface area contributed by atoms with E-state index >= 15 is 0 Å². The van der Waals surface area contributed by atoms with Gasteiger partial charge in [-0.3, -0.25) is 4.79 Å². The molecule has 0 radical (unpaired) electrons. The molecule has 0 aliphatic heterocycles. The monoisotopic (exact) mass is 278 g/mol. The number of ether oxygens (including phenoxy) is 1. The minimum Gasteiger partial charge on any atom is -0.491 e. The third-order valence-electron chi connectivity index (χ3n) is 3.89. The smallest absolute Gasteiger partial charge is 0.306 e. The Morgan fingerprint density at radius 3 is 2.45 bits per heavy atom. The number of hydrogen-bond donors (Lipinski definition) is 2. The van der Waals surface area contributed by atoms with Gasteiger partial charge in [-0.05, 0) is 44.4 Å². The number of rotatable bonds is 5. The number of aliphatic hydroxyl groups excluding tert-OH is 1. The summed E-state index contributed by atoms with van der Waals surface area (Å²) >= 11 is 0. The van der Waals surface area contributed by atoms with Gasteiger partial charge in [0.15, 0.2) is 0 Å². The second-order valence-electron chi connectivity index (χ2n) is 5.72. The van der Waals surface area contributed by atoms with Crippen molar-refractivity contribution >= 4 is 5.97 Å². The van der Waals surface area contributed by atoms with Gasteiger partial charge in [-0.1, -0.05) is 18.6 Å². The van der Waals surface area contributed by atoms with E-state index in [-0.39, 0.29) is 12.0 Å². The van der Waals surface area contributed by atoms with Crippen LogP contribution in [0.25, 0.3) is 0 Å². The van der Waals surface area contributed by atoms with Gasteiger partial charge in [0.25, 0.3) is 0 Å². The van der Waals surface area contributed by atoms with Crippen molar-refractivity contribution in [3.8, 4) is 5.75 Å². The summed E-state index contributed by atoms with van der Waals surface area (Å²) < 4.78 is 5.56. The summed E-state index contributed by atoms with van der Waals surface area (Å²) in [5, 5.41) is 19.6. The molecule has 0 spiro atoms. The summed E-state index contributed by atoms with van der Waals surface area (Å²) in [5.41, 5.74) is 0.763. The highest BCUT2D eigenvalue weighted by Gasteiger charge is 2.37. The number of hydrogen-bond acceptors (Lipinski definition) is 3. The molecule has 0 heterocycles. The lowest BCUT2D eigenvalue weighted by atomic mass is 9.87. The number of carbonyl (C=O) groups is 1. The van der Waals surface area contributed by atoms with E-state index in [1.165, 1.54) is 0 Å². The average molecular weight is 278 g/mol. The van der Waals surface area contributed by atoms with Gasteiger partial charge in [0, 0.05) is 5.92 Å². The molecule has 3 atom stereocenters. The van der Waals surface area contributed by atoms with Crippen molar-refractivity contribution < 1.29 is 19.7 Å². The molecule has 0 bridgehead atoms. The summed E-state index contributed by atoms with van der Waals surface area (Å²) in [6.07, 6.45) is 1.69. The fraction of sp³-hybridized carbons (Fsp3) is 0.562. The Hall–Kier alpha value is -1.55. The zero-order valence-electron chi connectivity index (χ0n) is 12.0. The Balaban J connectivity index is 2.08. The van der Waals surface area contributed by atoms with Gasteiger partial charge in [-0.25, -0.2) is 0 Å². The van der Waals surface area contributed by atoms with Gasteiger partial charge < -0.3 is 14.9 Å². The summed E-state index contributed by atoms with van der Waals surface area (Å²) in [7, 11) is 0. The molecule has 4 nitrogen and oxygen atoms in total. The van der Waals surface area contributed by atoms with Crippen molar-refractivity contribution in [2.75, 3.05) is 0 Å². The van der Waals surface area contributed by atoms with Crippen LogP contribution >= 0.6 is 0 Å². The number of aliphatic hydroxyl groups is 1. The van der Waals surface area contributed by atoms with E-state index in [0.717, 1.165) is 24.2 Å². The lowest BCUT2D eigenvalue weighted by Crippen LogP contribution is -2.23. The van der Waals surface area contributed by atoms with Gasteiger partial charge in [0.1, 0.15) is 5.75 Å². The predicted octanol–water partition coefficient (Wildman–Crippen LogP) is 3.01. The lowest BCUT2D eigenvalue weighted by molar-refractivity contribution is -0.144. The van der Waals surface area contributed by atoms with Gasteiger partial charge >= 0.3 is 5.97 Å². The quantitative estimate of drug-likeness (QED) is 0.869. The Morgan fingerprint density at radius 2 is 1.90 bits per heavy atom. The van der Waals surface area contributed by atoms with Crippen LogP contribution in [-0.4, -0.2) is 22.3 Å². The maximum Gasteiger partial charge on any atom is 0.306 e. The molecule has 1 aromatic rings. The van der Waals surface area contributed by atoms with Crippen molar-refractivity contribution in [2.45, 2.75) is 45.3 Å². The minimum absolute atomic E-state index is 0.108. The first-order valence-electron chi connectivity index (χ1n) is 7.16. The standard InChI is InChI=1S/C16H22O4/c1-10(2)20-12-8-6-11(7-9-12)15(17)13-4-3-5-14(13)16(18)19/h6-10,13-15,17H,3-5H2,1-2H3,(H,18,19). The molecule has 0 aromatic heterocycles. The number of carboxylic acids is 1. The van der Waals surface area contributed by atoms with Crippen LogP contribution in [0.3, 0.4) is 0 Å². The maximum atomic E-state index is 11.2. The van der Waals surface area contributed by atoms with Crippen molar-refractivity contribution in [3.05, 3.63) is 29.8 Å². The summed E-state index contributed by atoms with van der Waals surface area (Å²) in [6.45, 7) is 3.91. The summed E-state index contributed by atoms with van der Waals surface area (Å²) in [5.74, 6) is -0.663. The first kappa shape index (κ1) is 14.9. The molecule has 1 aliphatic carbocycles. The van der Waals surface area contributed by atoms with E-state index in [1.54, 1.807) is 0 Å². The van der Waals surface area contributed by atoms with Crippen LogP contribution in [0.2, 0.25) is 0 Å². The first-order chi connectivity index (χ1) is 9.49. The molecular weight excluding hydrogens is 256 g/mol. The highest BCUT2D eigenvalue weighted by molar-refractivity contribution is 5.70. The van der Waals surface area contributed by atoms with Crippen LogP contribution in [0.15, 0.2) is 24.3 Å². The zero-order chi connectivity index (χ0) is 14.7. The molecule has 0 saturated heterocycles. The fourth-order valence-corrected chi connectivity index (χ4v) is 2.94. The second-order valence-corrected chi connectivity index (χ2v) is 5.72.